The summed E-state index contributed by atoms with van der Waals surface area (Å²) in [6.07, 6.45) is 0. The van der Waals surface area contributed by atoms with Crippen LogP contribution in [0, 0.1) is 24.9 Å². The zero-order valence-corrected chi connectivity index (χ0v) is 13.5. The molecule has 4 N–H and O–H groups in total. The van der Waals surface area contributed by atoms with Crippen LogP contribution in [0.25, 0.3) is 0 Å². The van der Waals surface area contributed by atoms with Gasteiger partial charge < -0.3 is 0 Å². The van der Waals surface area contributed by atoms with E-state index in [-0.39, 0.29) is 17.1 Å². The van der Waals surface area contributed by atoms with Crippen molar-refractivity contribution in [1.29, 1.82) is 11.1 Å². The number of rotatable bonds is 4. The molecule has 0 saturated heterocycles. The van der Waals surface area contributed by atoms with Gasteiger partial charge in [-0.15, -0.1) is 10.5 Å². The summed E-state index contributed by atoms with van der Waals surface area (Å²) in [4.78, 5) is 8.41. The monoisotopic (exact) mass is 369 g/mol. The number of nitrogens with one attached hydrogen (secondary N) is 2. The van der Waals surface area contributed by atoms with E-state index in [0.29, 0.717) is 21.1 Å². The molecule has 0 unspecified atom stereocenters. The Morgan fingerprint density at radius 1 is 0.696 bits per heavy atom. The van der Waals surface area contributed by atoms with E-state index in [2.05, 4.69) is 9.98 Å². The fourth-order valence-corrected chi connectivity index (χ4v) is 1.45. The standard InChI is InChI=1S/2C7H8N2O2.Cu/c2*1-6-2-4-7(5-3-6)9(8)11-10;/h2*2-5,8H,1H3;/p+2. The first-order valence-corrected chi connectivity index (χ1v) is 6.27. The van der Waals surface area contributed by atoms with Crippen LogP contribution in [-0.4, -0.2) is 20.2 Å². The number of nitrogens with zero attached hydrogens (tertiary/aromatic N) is 2. The van der Waals surface area contributed by atoms with E-state index in [4.69, 9.17) is 21.6 Å². The van der Waals surface area contributed by atoms with Gasteiger partial charge in [-0.2, -0.15) is 0 Å². The van der Waals surface area contributed by atoms with E-state index in [1.54, 1.807) is 24.3 Å². The summed E-state index contributed by atoms with van der Waals surface area (Å²) in [7, 11) is 0. The Bertz CT molecular complexity index is 575. The summed E-state index contributed by atoms with van der Waals surface area (Å²) in [6.45, 7) is 3.88. The second kappa shape index (κ2) is 10.4. The molecule has 0 aliphatic carbocycles. The summed E-state index contributed by atoms with van der Waals surface area (Å²) in [5, 5.41) is 16.2. The van der Waals surface area contributed by atoms with Crippen molar-refractivity contribution < 1.29 is 47.3 Å². The van der Waals surface area contributed by atoms with Crippen molar-refractivity contribution in [3.05, 3.63) is 59.7 Å². The molecule has 8 nitrogen and oxygen atoms in total. The van der Waals surface area contributed by atoms with Crippen LogP contribution in [0.1, 0.15) is 11.1 Å². The van der Waals surface area contributed by atoms with Crippen LogP contribution < -0.4 is 0 Å². The maximum Gasteiger partial charge on any atom is 0.292 e. The first-order valence-electron chi connectivity index (χ1n) is 6.27. The maximum atomic E-state index is 8.10. The summed E-state index contributed by atoms with van der Waals surface area (Å²) in [5.74, 6) is 0. The van der Waals surface area contributed by atoms with Gasteiger partial charge in [0, 0.05) is 52.4 Å². The molecule has 0 saturated carbocycles. The SMILES string of the molecule is Cc1ccc([N+](=N)OO)cc1.Cc1ccc([N+](=N)OO)cc1.[Cu]. The van der Waals surface area contributed by atoms with Gasteiger partial charge in [0.05, 0.1) is 0 Å². The van der Waals surface area contributed by atoms with Gasteiger partial charge in [0.15, 0.2) is 9.72 Å². The van der Waals surface area contributed by atoms with Gasteiger partial charge in [-0.05, 0) is 13.8 Å². The van der Waals surface area contributed by atoms with E-state index in [1.165, 1.54) is 0 Å². The third-order valence-electron chi connectivity index (χ3n) is 2.70. The Morgan fingerprint density at radius 2 is 0.957 bits per heavy atom. The normalized spacial score (nSPS) is 8.87. The van der Waals surface area contributed by atoms with Crippen molar-refractivity contribution in [3.8, 4) is 0 Å². The van der Waals surface area contributed by atoms with Gasteiger partial charge >= 0.3 is 0 Å². The maximum absolute atomic E-state index is 8.10. The molecule has 23 heavy (non-hydrogen) atoms. The van der Waals surface area contributed by atoms with Gasteiger partial charge in [-0.1, -0.05) is 45.4 Å². The smallest absolute Gasteiger partial charge is 0.140 e. The van der Waals surface area contributed by atoms with Gasteiger partial charge in [0.2, 0.25) is 0 Å². The molecule has 1 radical (unpaired) electrons. The quantitative estimate of drug-likeness (QED) is 0.213. The third-order valence-corrected chi connectivity index (χ3v) is 2.70. The first kappa shape index (κ1) is 20.7. The molecular weight excluding hydrogens is 352 g/mol. The van der Waals surface area contributed by atoms with Crippen LogP contribution in [0.3, 0.4) is 0 Å². The average Bonchev–Trinajstić information content (AvgIpc) is 2.55. The molecule has 2 aromatic carbocycles. The van der Waals surface area contributed by atoms with Crippen molar-refractivity contribution in [2.45, 2.75) is 13.8 Å². The van der Waals surface area contributed by atoms with E-state index in [9.17, 15) is 0 Å². The molecule has 0 aliphatic rings. The number of hydrogen-bond acceptors (Lipinski definition) is 6. The Balaban J connectivity index is 0.000000403. The molecule has 0 atom stereocenters. The van der Waals surface area contributed by atoms with Crippen LogP contribution in [0.4, 0.5) is 11.4 Å². The first-order chi connectivity index (χ1) is 10.5. The number of benzene rings is 2. The molecule has 0 heterocycles. The van der Waals surface area contributed by atoms with E-state index in [0.717, 1.165) is 11.1 Å². The fourth-order valence-electron chi connectivity index (χ4n) is 1.45. The zero-order valence-electron chi connectivity index (χ0n) is 12.5. The Kier molecular flexibility index (Phi) is 9.36. The summed E-state index contributed by atoms with van der Waals surface area (Å²) in [6, 6.07) is 14.0. The van der Waals surface area contributed by atoms with Gasteiger partial charge in [-0.3, -0.25) is 0 Å². The number of hydrogen-bond donors (Lipinski definition) is 4. The molecule has 127 valence electrons. The van der Waals surface area contributed by atoms with Gasteiger partial charge in [-0.25, -0.2) is 0 Å². The second-order valence-electron chi connectivity index (χ2n) is 4.42. The van der Waals surface area contributed by atoms with E-state index < -0.39 is 0 Å². The molecule has 9 heteroatoms. The van der Waals surface area contributed by atoms with Crippen molar-refractivity contribution in [1.82, 2.24) is 0 Å². The number of aryl methyl sites for hydroxylation is 2. The van der Waals surface area contributed by atoms with Crippen LogP contribution in [0.15, 0.2) is 48.5 Å². The minimum Gasteiger partial charge on any atom is -0.140 e. The average molecular weight is 370 g/mol. The molecule has 0 bridgehead atoms. The second-order valence-corrected chi connectivity index (χ2v) is 4.42. The topological polar surface area (TPSA) is 113 Å². The van der Waals surface area contributed by atoms with E-state index in [1.807, 2.05) is 38.1 Å². The predicted molar refractivity (Wildman–Crippen MR) is 75.1 cm³/mol. The van der Waals surface area contributed by atoms with Crippen LogP contribution in [0.2, 0.25) is 0 Å². The molecule has 2 rings (SSSR count). The summed E-state index contributed by atoms with van der Waals surface area (Å²) < 4.78 is 0. The molecule has 0 fully saturated rings. The predicted octanol–water partition coefficient (Wildman–Crippen LogP) is 4.15. The van der Waals surface area contributed by atoms with Crippen molar-refractivity contribution in [3.63, 3.8) is 0 Å². The third kappa shape index (κ3) is 6.98. The van der Waals surface area contributed by atoms with Crippen LogP contribution in [0.5, 0.6) is 0 Å². The molecule has 2 aromatic rings. The van der Waals surface area contributed by atoms with Crippen molar-refractivity contribution in [2.24, 2.45) is 0 Å². The summed E-state index contributed by atoms with van der Waals surface area (Å²) >= 11 is 0. The van der Waals surface area contributed by atoms with Gasteiger partial charge in [0.1, 0.15) is 0 Å². The van der Waals surface area contributed by atoms with E-state index >= 15 is 0 Å². The zero-order chi connectivity index (χ0) is 16.5. The van der Waals surface area contributed by atoms with Crippen molar-refractivity contribution in [2.75, 3.05) is 0 Å². The van der Waals surface area contributed by atoms with Crippen LogP contribution >= 0.6 is 0 Å². The minimum absolute atomic E-state index is 0. The Morgan fingerprint density at radius 3 is 1.17 bits per heavy atom. The molecule has 0 spiro atoms. The van der Waals surface area contributed by atoms with Crippen molar-refractivity contribution >= 4 is 11.4 Å². The Labute approximate surface area is 143 Å². The molecular formula is C14H18CuN4O4+2. The Hall–Kier alpha value is -2.32. The molecule has 0 aliphatic heterocycles. The fraction of sp³-hybridized carbons (Fsp3) is 0.143. The molecule has 0 aromatic heterocycles. The largest absolute Gasteiger partial charge is 0.292 e. The molecule has 0 amide bonds. The minimum atomic E-state index is 0. The van der Waals surface area contributed by atoms with Gasteiger partial charge in [0.25, 0.3) is 11.4 Å². The summed E-state index contributed by atoms with van der Waals surface area (Å²) in [5.41, 5.74) is 17.2. The van der Waals surface area contributed by atoms with Crippen LogP contribution in [-0.2, 0) is 27.0 Å².